The van der Waals surface area contributed by atoms with E-state index in [4.69, 9.17) is 19.7 Å². The molecule has 0 bridgehead atoms. The van der Waals surface area contributed by atoms with Crippen LogP contribution >= 0.6 is 0 Å². The number of rotatable bonds is 7. The minimum absolute atomic E-state index is 0.100. The maximum Gasteiger partial charge on any atom is 0.302 e. The highest BCUT2D eigenvalue weighted by Gasteiger charge is 2.06. The average Bonchev–Trinajstić information content (AvgIpc) is 2.10. The molecule has 0 spiro atoms. The third kappa shape index (κ3) is 7.97. The number of ether oxygens (including phenoxy) is 2. The molecule has 0 aliphatic rings. The van der Waals surface area contributed by atoms with E-state index >= 15 is 0 Å². The van der Waals surface area contributed by atoms with Crippen molar-refractivity contribution in [2.24, 2.45) is 0 Å². The Balaban J connectivity index is 3.31. The number of hydrogen-bond donors (Lipinski definition) is 2. The Morgan fingerprint density at radius 3 is 2.64 bits per heavy atom. The predicted molar refractivity (Wildman–Crippen MR) is 49.8 cm³/mol. The maximum absolute atomic E-state index is 10.5. The highest BCUT2D eigenvalue weighted by Crippen LogP contribution is 1.98. The van der Waals surface area contributed by atoms with Crippen LogP contribution in [0.4, 0.5) is 0 Å². The van der Waals surface area contributed by atoms with Crippen molar-refractivity contribution in [3.8, 4) is 0 Å². The summed E-state index contributed by atoms with van der Waals surface area (Å²) < 4.78 is 9.89. The van der Waals surface area contributed by atoms with Crippen molar-refractivity contribution in [1.29, 1.82) is 0 Å². The van der Waals surface area contributed by atoms with Crippen molar-refractivity contribution in [3.63, 3.8) is 0 Å². The fourth-order valence-corrected chi connectivity index (χ4v) is 0.864. The molecule has 0 heterocycles. The lowest BCUT2D eigenvalue weighted by Crippen LogP contribution is -2.21. The largest absolute Gasteiger partial charge is 0.463 e. The van der Waals surface area contributed by atoms with Crippen molar-refractivity contribution in [1.82, 2.24) is 0 Å². The van der Waals surface area contributed by atoms with Crippen molar-refractivity contribution in [3.05, 3.63) is 0 Å². The van der Waals surface area contributed by atoms with Gasteiger partial charge in [0.25, 0.3) is 0 Å². The molecule has 0 saturated heterocycles. The van der Waals surface area contributed by atoms with Crippen molar-refractivity contribution in [2.75, 3.05) is 19.8 Å². The van der Waals surface area contributed by atoms with Crippen LogP contribution < -0.4 is 0 Å². The minimum atomic E-state index is -0.834. The Labute approximate surface area is 83.6 Å². The van der Waals surface area contributed by atoms with Crippen molar-refractivity contribution >= 4 is 5.97 Å². The van der Waals surface area contributed by atoms with Gasteiger partial charge in [0.15, 0.2) is 0 Å². The molecule has 0 saturated carbocycles. The molecule has 0 fully saturated rings. The van der Waals surface area contributed by atoms with E-state index in [1.54, 1.807) is 6.92 Å². The Bertz CT molecular complexity index is 159. The van der Waals surface area contributed by atoms with Crippen LogP contribution in [0.25, 0.3) is 0 Å². The second kappa shape index (κ2) is 7.73. The lowest BCUT2D eigenvalue weighted by molar-refractivity contribution is -0.146. The van der Waals surface area contributed by atoms with E-state index in [-0.39, 0.29) is 25.3 Å². The molecule has 0 unspecified atom stereocenters. The number of esters is 1. The van der Waals surface area contributed by atoms with E-state index in [2.05, 4.69) is 0 Å². The molecule has 0 aliphatic heterocycles. The molecule has 5 heteroatoms. The summed E-state index contributed by atoms with van der Waals surface area (Å²) in [7, 11) is 0. The zero-order chi connectivity index (χ0) is 11.0. The molecule has 0 aromatic carbocycles. The molecular formula is C9H18O5. The molecule has 84 valence electrons. The van der Waals surface area contributed by atoms with E-state index in [9.17, 15) is 4.79 Å². The van der Waals surface area contributed by atoms with Crippen LogP contribution in [0.5, 0.6) is 0 Å². The summed E-state index contributed by atoms with van der Waals surface area (Å²) in [6, 6.07) is 0. The standard InChI is InChI=1S/C9H18O5/c1-7(14-8(2)11)3-4-13-6-9(12)5-10/h7,9-10,12H,3-6H2,1-2H3/t7-,9+/m1/s1. The summed E-state index contributed by atoms with van der Waals surface area (Å²) in [5, 5.41) is 17.4. The van der Waals surface area contributed by atoms with Gasteiger partial charge in [0.1, 0.15) is 12.2 Å². The van der Waals surface area contributed by atoms with Crippen LogP contribution in [-0.2, 0) is 14.3 Å². The molecule has 0 rings (SSSR count). The number of hydrogen-bond acceptors (Lipinski definition) is 5. The van der Waals surface area contributed by atoms with Gasteiger partial charge in [-0.3, -0.25) is 4.79 Å². The van der Waals surface area contributed by atoms with E-state index in [0.29, 0.717) is 13.0 Å². The Hall–Kier alpha value is -0.650. The fraction of sp³-hybridized carbons (Fsp3) is 0.889. The molecule has 5 nitrogen and oxygen atoms in total. The Kier molecular flexibility index (Phi) is 7.37. The minimum Gasteiger partial charge on any atom is -0.463 e. The molecule has 0 aromatic rings. The smallest absolute Gasteiger partial charge is 0.302 e. The zero-order valence-electron chi connectivity index (χ0n) is 8.60. The van der Waals surface area contributed by atoms with Crippen LogP contribution in [-0.4, -0.2) is 48.2 Å². The summed E-state index contributed by atoms with van der Waals surface area (Å²) in [5.74, 6) is -0.312. The molecule has 0 amide bonds. The second-order valence-electron chi connectivity index (χ2n) is 3.12. The molecule has 0 aliphatic carbocycles. The Morgan fingerprint density at radius 1 is 1.50 bits per heavy atom. The van der Waals surface area contributed by atoms with Crippen molar-refractivity contribution < 1.29 is 24.5 Å². The fourth-order valence-electron chi connectivity index (χ4n) is 0.864. The predicted octanol–water partition coefficient (Wildman–Crippen LogP) is -0.302. The van der Waals surface area contributed by atoms with E-state index < -0.39 is 6.10 Å². The van der Waals surface area contributed by atoms with Gasteiger partial charge in [0.05, 0.1) is 19.8 Å². The summed E-state index contributed by atoms with van der Waals surface area (Å²) in [6.07, 6.45) is -0.435. The lowest BCUT2D eigenvalue weighted by Gasteiger charge is -2.12. The van der Waals surface area contributed by atoms with Crippen LogP contribution in [0.2, 0.25) is 0 Å². The highest BCUT2D eigenvalue weighted by atomic mass is 16.5. The number of aliphatic hydroxyl groups is 2. The van der Waals surface area contributed by atoms with Gasteiger partial charge in [-0.05, 0) is 6.92 Å². The van der Waals surface area contributed by atoms with E-state index in [1.807, 2.05) is 0 Å². The molecule has 2 atom stereocenters. The summed E-state index contributed by atoms with van der Waals surface area (Å²) in [5.41, 5.74) is 0. The third-order valence-electron chi connectivity index (χ3n) is 1.56. The quantitative estimate of drug-likeness (QED) is 0.441. The number of carbonyl (C=O) groups excluding carboxylic acids is 1. The highest BCUT2D eigenvalue weighted by molar-refractivity contribution is 5.66. The second-order valence-corrected chi connectivity index (χ2v) is 3.12. The normalized spacial score (nSPS) is 14.9. The third-order valence-corrected chi connectivity index (χ3v) is 1.56. The van der Waals surface area contributed by atoms with Gasteiger partial charge >= 0.3 is 5.97 Å². The average molecular weight is 206 g/mol. The van der Waals surface area contributed by atoms with Crippen LogP contribution in [0, 0.1) is 0 Å². The van der Waals surface area contributed by atoms with Gasteiger partial charge in [-0.15, -0.1) is 0 Å². The zero-order valence-corrected chi connectivity index (χ0v) is 8.60. The first kappa shape index (κ1) is 13.4. The van der Waals surface area contributed by atoms with Crippen LogP contribution in [0.3, 0.4) is 0 Å². The summed E-state index contributed by atoms with van der Waals surface area (Å²) in [4.78, 5) is 10.5. The molecule has 0 radical (unpaired) electrons. The van der Waals surface area contributed by atoms with Crippen LogP contribution in [0.1, 0.15) is 20.3 Å². The van der Waals surface area contributed by atoms with Gasteiger partial charge < -0.3 is 19.7 Å². The SMILES string of the molecule is CC(=O)O[C@H](C)CCOC[C@@H](O)CO. The summed E-state index contributed by atoms with van der Waals surface area (Å²) >= 11 is 0. The number of carbonyl (C=O) groups is 1. The molecular weight excluding hydrogens is 188 g/mol. The summed E-state index contributed by atoms with van der Waals surface area (Å²) in [6.45, 7) is 3.31. The molecule has 0 aromatic heterocycles. The number of aliphatic hydroxyl groups excluding tert-OH is 2. The first-order valence-electron chi connectivity index (χ1n) is 4.60. The van der Waals surface area contributed by atoms with Gasteiger partial charge in [-0.1, -0.05) is 0 Å². The van der Waals surface area contributed by atoms with E-state index in [1.165, 1.54) is 6.92 Å². The van der Waals surface area contributed by atoms with Gasteiger partial charge in [-0.25, -0.2) is 0 Å². The molecule has 2 N–H and O–H groups in total. The van der Waals surface area contributed by atoms with Crippen LogP contribution in [0.15, 0.2) is 0 Å². The maximum atomic E-state index is 10.5. The van der Waals surface area contributed by atoms with E-state index in [0.717, 1.165) is 0 Å². The van der Waals surface area contributed by atoms with Gasteiger partial charge in [0.2, 0.25) is 0 Å². The molecule has 14 heavy (non-hydrogen) atoms. The monoisotopic (exact) mass is 206 g/mol. The Morgan fingerprint density at radius 2 is 2.14 bits per heavy atom. The first-order valence-corrected chi connectivity index (χ1v) is 4.60. The lowest BCUT2D eigenvalue weighted by atomic mass is 10.3. The van der Waals surface area contributed by atoms with Gasteiger partial charge in [0, 0.05) is 13.3 Å². The topological polar surface area (TPSA) is 76.0 Å². The first-order chi connectivity index (χ1) is 6.56. The van der Waals surface area contributed by atoms with Crippen molar-refractivity contribution in [2.45, 2.75) is 32.5 Å². The van der Waals surface area contributed by atoms with Gasteiger partial charge in [-0.2, -0.15) is 0 Å².